The van der Waals surface area contributed by atoms with Gasteiger partial charge in [-0.25, -0.2) is 4.79 Å². The van der Waals surface area contributed by atoms with Crippen LogP contribution in [0.3, 0.4) is 0 Å². The van der Waals surface area contributed by atoms with Gasteiger partial charge in [-0.05, 0) is 50.1 Å². The van der Waals surface area contributed by atoms with Crippen molar-refractivity contribution in [1.29, 1.82) is 0 Å². The number of epoxide rings is 1. The van der Waals surface area contributed by atoms with Gasteiger partial charge in [-0.15, -0.1) is 0 Å². The number of para-hydroxylation sites is 1. The van der Waals surface area contributed by atoms with Crippen LogP contribution in [0.4, 0.5) is 4.79 Å². The summed E-state index contributed by atoms with van der Waals surface area (Å²) in [5.74, 6) is 0.642. The Morgan fingerprint density at radius 3 is 2.71 bits per heavy atom. The molecule has 35 heavy (non-hydrogen) atoms. The molecule has 2 aromatic carbocycles. The van der Waals surface area contributed by atoms with Crippen molar-refractivity contribution in [2.24, 2.45) is 0 Å². The molecule has 0 aliphatic carbocycles. The number of amides is 3. The SMILES string of the molecule is CCC(C)(C(=O)NCC1NC(=O)NC12CO2)c1ccc(OCc2cc(C)nc3ccccc23)cc1. The number of rotatable bonds is 8. The van der Waals surface area contributed by atoms with Crippen LogP contribution in [0, 0.1) is 6.92 Å². The molecule has 2 aliphatic heterocycles. The van der Waals surface area contributed by atoms with E-state index in [1.54, 1.807) is 0 Å². The van der Waals surface area contributed by atoms with Crippen molar-refractivity contribution < 1.29 is 19.1 Å². The second-order valence-corrected chi connectivity index (χ2v) is 9.48. The molecule has 1 spiro atoms. The second kappa shape index (κ2) is 8.85. The monoisotopic (exact) mass is 474 g/mol. The number of fused-ring (bicyclic) bond motifs is 1. The predicted octanol–water partition coefficient (Wildman–Crippen LogP) is 3.31. The smallest absolute Gasteiger partial charge is 0.317 e. The quantitative estimate of drug-likeness (QED) is 0.435. The zero-order valence-corrected chi connectivity index (χ0v) is 20.2. The lowest BCUT2D eigenvalue weighted by atomic mass is 9.79. The Labute approximate surface area is 204 Å². The van der Waals surface area contributed by atoms with Gasteiger partial charge in [0.25, 0.3) is 0 Å². The lowest BCUT2D eigenvalue weighted by molar-refractivity contribution is -0.126. The number of nitrogens with zero attached hydrogens (tertiary/aromatic N) is 1. The van der Waals surface area contributed by atoms with Crippen LogP contribution in [0.2, 0.25) is 0 Å². The molecule has 3 aromatic rings. The van der Waals surface area contributed by atoms with Crippen molar-refractivity contribution in [2.75, 3.05) is 13.2 Å². The van der Waals surface area contributed by atoms with E-state index in [2.05, 4.69) is 27.0 Å². The number of aromatic nitrogens is 1. The second-order valence-electron chi connectivity index (χ2n) is 9.48. The third-order valence-electron chi connectivity index (χ3n) is 7.14. The zero-order chi connectivity index (χ0) is 24.6. The number of carbonyl (C=O) groups excluding carboxylic acids is 2. The van der Waals surface area contributed by atoms with Gasteiger partial charge in [0.05, 0.1) is 23.6 Å². The van der Waals surface area contributed by atoms with Crippen molar-refractivity contribution >= 4 is 22.8 Å². The van der Waals surface area contributed by atoms with Crippen molar-refractivity contribution in [2.45, 2.75) is 51.0 Å². The van der Waals surface area contributed by atoms with Crippen LogP contribution >= 0.6 is 0 Å². The van der Waals surface area contributed by atoms with Crippen LogP contribution in [0.25, 0.3) is 10.9 Å². The van der Waals surface area contributed by atoms with Gasteiger partial charge < -0.3 is 25.4 Å². The van der Waals surface area contributed by atoms with Crippen LogP contribution in [-0.2, 0) is 21.6 Å². The Kier molecular flexibility index (Phi) is 5.84. The van der Waals surface area contributed by atoms with E-state index >= 15 is 0 Å². The maximum atomic E-state index is 13.2. The third-order valence-corrected chi connectivity index (χ3v) is 7.14. The first-order chi connectivity index (χ1) is 16.8. The fourth-order valence-corrected chi connectivity index (χ4v) is 4.64. The Balaban J connectivity index is 1.25. The van der Waals surface area contributed by atoms with Crippen LogP contribution in [0.1, 0.15) is 37.1 Å². The summed E-state index contributed by atoms with van der Waals surface area (Å²) in [6.07, 6.45) is 0.623. The van der Waals surface area contributed by atoms with Crippen LogP contribution in [0.5, 0.6) is 5.75 Å². The molecule has 2 fully saturated rings. The summed E-state index contributed by atoms with van der Waals surface area (Å²) < 4.78 is 11.5. The normalized spacial score (nSPS) is 22.4. The van der Waals surface area contributed by atoms with E-state index in [-0.39, 0.29) is 18.0 Å². The van der Waals surface area contributed by atoms with E-state index < -0.39 is 11.1 Å². The number of urea groups is 1. The summed E-state index contributed by atoms with van der Waals surface area (Å²) in [6.45, 7) is 7.08. The first-order valence-corrected chi connectivity index (χ1v) is 11.9. The summed E-state index contributed by atoms with van der Waals surface area (Å²) >= 11 is 0. The van der Waals surface area contributed by atoms with E-state index in [4.69, 9.17) is 9.47 Å². The highest BCUT2D eigenvalue weighted by Gasteiger charge is 2.58. The number of hydrogen-bond acceptors (Lipinski definition) is 5. The first-order valence-electron chi connectivity index (χ1n) is 11.9. The third kappa shape index (κ3) is 4.41. The number of carbonyl (C=O) groups is 2. The minimum absolute atomic E-state index is 0.0932. The maximum Gasteiger partial charge on any atom is 0.317 e. The van der Waals surface area contributed by atoms with E-state index in [9.17, 15) is 9.59 Å². The summed E-state index contributed by atoms with van der Waals surface area (Å²) in [4.78, 5) is 29.4. The molecule has 3 amide bonds. The Morgan fingerprint density at radius 1 is 1.26 bits per heavy atom. The Hall–Kier alpha value is -3.65. The van der Waals surface area contributed by atoms with Gasteiger partial charge >= 0.3 is 6.03 Å². The van der Waals surface area contributed by atoms with Crippen molar-refractivity contribution in [3.8, 4) is 5.75 Å². The first kappa shape index (κ1) is 23.1. The van der Waals surface area contributed by atoms with E-state index in [0.29, 0.717) is 26.2 Å². The number of benzene rings is 2. The topological polar surface area (TPSA) is 105 Å². The minimum Gasteiger partial charge on any atom is -0.489 e. The zero-order valence-electron chi connectivity index (χ0n) is 20.2. The van der Waals surface area contributed by atoms with Crippen molar-refractivity contribution in [3.05, 3.63) is 71.4 Å². The summed E-state index contributed by atoms with van der Waals surface area (Å²) in [5.41, 5.74) is 2.50. The van der Waals surface area contributed by atoms with Gasteiger partial charge in [-0.2, -0.15) is 0 Å². The largest absolute Gasteiger partial charge is 0.489 e. The minimum atomic E-state index is -0.718. The Morgan fingerprint density at radius 2 is 2.00 bits per heavy atom. The average molecular weight is 475 g/mol. The highest BCUT2D eigenvalue weighted by Crippen LogP contribution is 2.32. The molecule has 2 saturated heterocycles. The van der Waals surface area contributed by atoms with Gasteiger partial charge in [-0.3, -0.25) is 9.78 Å². The fourth-order valence-electron chi connectivity index (χ4n) is 4.64. The van der Waals surface area contributed by atoms with Gasteiger partial charge in [0.1, 0.15) is 12.4 Å². The van der Waals surface area contributed by atoms with Gasteiger partial charge in [0.2, 0.25) is 5.91 Å². The summed E-state index contributed by atoms with van der Waals surface area (Å²) in [7, 11) is 0. The summed E-state index contributed by atoms with van der Waals surface area (Å²) in [5, 5.41) is 9.66. The molecular weight excluding hydrogens is 444 g/mol. The molecule has 3 atom stereocenters. The van der Waals surface area contributed by atoms with E-state index in [1.807, 2.05) is 69.3 Å². The molecule has 3 heterocycles. The molecule has 8 nitrogen and oxygen atoms in total. The van der Waals surface area contributed by atoms with Crippen molar-refractivity contribution in [3.63, 3.8) is 0 Å². The summed E-state index contributed by atoms with van der Waals surface area (Å²) in [6, 6.07) is 17.2. The van der Waals surface area contributed by atoms with Crippen LogP contribution < -0.4 is 20.7 Å². The molecule has 5 rings (SSSR count). The Bertz CT molecular complexity index is 1270. The van der Waals surface area contributed by atoms with E-state index in [1.165, 1.54) is 0 Å². The standard InChI is InChI=1S/C27H30N4O4/c1-4-26(3,24(32)28-14-23-27(16-35-27)31-25(33)30-23)19-9-11-20(12-10-19)34-15-18-13-17(2)29-22-8-6-5-7-21(18)22/h5-13,23H,4,14-16H2,1-3H3,(H,28,32)(H2,30,31,33). The number of pyridine rings is 1. The van der Waals surface area contributed by atoms with Gasteiger partial charge in [0, 0.05) is 23.2 Å². The number of ether oxygens (including phenoxy) is 2. The lowest BCUT2D eigenvalue weighted by Gasteiger charge is -2.28. The van der Waals surface area contributed by atoms with Crippen molar-refractivity contribution in [1.82, 2.24) is 20.9 Å². The molecule has 0 radical (unpaired) electrons. The van der Waals surface area contributed by atoms with Crippen LogP contribution in [-0.4, -0.2) is 41.8 Å². The number of hydrogen-bond donors (Lipinski definition) is 3. The highest BCUT2D eigenvalue weighted by atomic mass is 16.6. The molecule has 2 aliphatic rings. The molecule has 1 aromatic heterocycles. The van der Waals surface area contributed by atoms with Crippen LogP contribution in [0.15, 0.2) is 54.6 Å². The molecular formula is C27H30N4O4. The average Bonchev–Trinajstić information content (AvgIpc) is 3.56. The molecule has 3 unspecified atom stereocenters. The fraction of sp³-hybridized carbons (Fsp3) is 0.370. The number of aryl methyl sites for hydroxylation is 1. The molecule has 182 valence electrons. The van der Waals surface area contributed by atoms with Gasteiger partial charge in [-0.1, -0.05) is 37.3 Å². The maximum absolute atomic E-state index is 13.2. The van der Waals surface area contributed by atoms with Gasteiger partial charge in [0.15, 0.2) is 5.72 Å². The van der Waals surface area contributed by atoms with E-state index in [0.717, 1.165) is 33.5 Å². The molecule has 8 heteroatoms. The lowest BCUT2D eigenvalue weighted by Crippen LogP contribution is -2.50. The molecule has 0 bridgehead atoms. The molecule has 3 N–H and O–H groups in total. The highest BCUT2D eigenvalue weighted by molar-refractivity contribution is 5.88. The number of nitrogens with one attached hydrogen (secondary N) is 3. The molecule has 0 saturated carbocycles. The predicted molar refractivity (Wildman–Crippen MR) is 132 cm³/mol.